The van der Waals surface area contributed by atoms with Gasteiger partial charge in [-0.25, -0.2) is 0 Å². The van der Waals surface area contributed by atoms with Gasteiger partial charge in [-0.15, -0.1) is 0 Å². The van der Waals surface area contributed by atoms with Crippen LogP contribution < -0.4 is 15.2 Å². The van der Waals surface area contributed by atoms with Crippen LogP contribution in [0.2, 0.25) is 5.02 Å². The molecule has 35 heavy (non-hydrogen) atoms. The summed E-state index contributed by atoms with van der Waals surface area (Å²) < 4.78 is 7.09. The van der Waals surface area contributed by atoms with Gasteiger partial charge in [0.2, 0.25) is 0 Å². The van der Waals surface area contributed by atoms with E-state index in [1.807, 2.05) is 53.4 Å². The molecule has 0 aliphatic carbocycles. The lowest BCUT2D eigenvalue weighted by atomic mass is 10.1. The van der Waals surface area contributed by atoms with Crippen molar-refractivity contribution >= 4 is 23.2 Å². The molecule has 0 bridgehead atoms. The van der Waals surface area contributed by atoms with E-state index in [0.29, 0.717) is 48.9 Å². The molecule has 8 heteroatoms. The van der Waals surface area contributed by atoms with Gasteiger partial charge in [-0.2, -0.15) is 9.78 Å². The third-order valence-electron chi connectivity index (χ3n) is 5.89. The fourth-order valence-corrected chi connectivity index (χ4v) is 4.27. The molecule has 176 valence electrons. The van der Waals surface area contributed by atoms with Crippen LogP contribution in [0.4, 0.5) is 5.69 Å². The van der Waals surface area contributed by atoms with Gasteiger partial charge < -0.3 is 14.5 Å². The Morgan fingerprint density at radius 1 is 0.800 bits per heavy atom. The quantitative estimate of drug-likeness (QED) is 0.411. The van der Waals surface area contributed by atoms with Gasteiger partial charge in [0.1, 0.15) is 16.5 Å². The number of anilines is 1. The standard InChI is InChI=1S/C27H23ClN4O3/c28-25-24(19-29-32(27(25)34)21-7-3-1-4-8-21)30-15-17-31(18-16-30)26(33)20-11-13-23(14-12-20)35-22-9-5-2-6-10-22/h1-14,19H,15-18H2. The second-order valence-corrected chi connectivity index (χ2v) is 8.49. The maximum atomic E-state index is 13.0. The molecule has 5 rings (SSSR count). The fraction of sp³-hybridized carbons (Fsp3) is 0.148. The summed E-state index contributed by atoms with van der Waals surface area (Å²) in [7, 11) is 0. The molecule has 0 unspecified atom stereocenters. The number of aromatic nitrogens is 2. The van der Waals surface area contributed by atoms with Gasteiger partial charge in [0.25, 0.3) is 11.5 Å². The molecule has 1 fully saturated rings. The number of para-hydroxylation sites is 2. The van der Waals surface area contributed by atoms with Crippen molar-refractivity contribution in [2.75, 3.05) is 31.1 Å². The summed E-state index contributed by atoms with van der Waals surface area (Å²) in [4.78, 5) is 29.6. The number of carbonyl (C=O) groups excluding carboxylic acids is 1. The summed E-state index contributed by atoms with van der Waals surface area (Å²) in [6.07, 6.45) is 1.61. The first-order valence-electron chi connectivity index (χ1n) is 11.3. The zero-order valence-corrected chi connectivity index (χ0v) is 19.6. The van der Waals surface area contributed by atoms with Gasteiger partial charge in [0, 0.05) is 31.7 Å². The van der Waals surface area contributed by atoms with Crippen molar-refractivity contribution < 1.29 is 9.53 Å². The van der Waals surface area contributed by atoms with Crippen LogP contribution in [-0.2, 0) is 0 Å². The number of carbonyl (C=O) groups is 1. The minimum Gasteiger partial charge on any atom is -0.457 e. The first kappa shape index (κ1) is 22.7. The lowest BCUT2D eigenvalue weighted by Gasteiger charge is -2.36. The van der Waals surface area contributed by atoms with Crippen LogP contribution in [0.15, 0.2) is 95.9 Å². The van der Waals surface area contributed by atoms with E-state index in [4.69, 9.17) is 16.3 Å². The van der Waals surface area contributed by atoms with Crippen LogP contribution in [0.25, 0.3) is 5.69 Å². The molecule has 1 saturated heterocycles. The van der Waals surface area contributed by atoms with Gasteiger partial charge in [-0.1, -0.05) is 48.0 Å². The minimum absolute atomic E-state index is 0.0420. The van der Waals surface area contributed by atoms with Crippen molar-refractivity contribution in [1.29, 1.82) is 0 Å². The third kappa shape index (κ3) is 4.90. The smallest absolute Gasteiger partial charge is 0.292 e. The largest absolute Gasteiger partial charge is 0.457 e. The van der Waals surface area contributed by atoms with Crippen LogP contribution in [0.3, 0.4) is 0 Å². The summed E-state index contributed by atoms with van der Waals surface area (Å²) in [6, 6.07) is 25.8. The number of piperazine rings is 1. The van der Waals surface area contributed by atoms with Gasteiger partial charge in [0.05, 0.1) is 17.6 Å². The lowest BCUT2D eigenvalue weighted by Crippen LogP contribution is -2.49. The van der Waals surface area contributed by atoms with Crippen LogP contribution in [-0.4, -0.2) is 46.8 Å². The molecule has 2 heterocycles. The van der Waals surface area contributed by atoms with Crippen molar-refractivity contribution in [3.8, 4) is 17.2 Å². The van der Waals surface area contributed by atoms with Crippen LogP contribution in [0.5, 0.6) is 11.5 Å². The predicted octanol–water partition coefficient (Wildman–Crippen LogP) is 4.64. The van der Waals surface area contributed by atoms with Crippen LogP contribution in [0.1, 0.15) is 10.4 Å². The van der Waals surface area contributed by atoms with Crippen molar-refractivity contribution in [2.24, 2.45) is 0 Å². The highest BCUT2D eigenvalue weighted by atomic mass is 35.5. The average molecular weight is 487 g/mol. The Morgan fingerprint density at radius 3 is 2.06 bits per heavy atom. The highest BCUT2D eigenvalue weighted by Gasteiger charge is 2.25. The maximum Gasteiger partial charge on any atom is 0.292 e. The van der Waals surface area contributed by atoms with E-state index in [-0.39, 0.29) is 16.5 Å². The highest BCUT2D eigenvalue weighted by molar-refractivity contribution is 6.33. The van der Waals surface area contributed by atoms with Gasteiger partial charge in [-0.3, -0.25) is 9.59 Å². The normalized spacial score (nSPS) is 13.5. The monoisotopic (exact) mass is 486 g/mol. The molecule has 7 nitrogen and oxygen atoms in total. The summed E-state index contributed by atoms with van der Waals surface area (Å²) >= 11 is 6.44. The first-order chi connectivity index (χ1) is 17.1. The van der Waals surface area contributed by atoms with Crippen LogP contribution in [0, 0.1) is 0 Å². The molecule has 0 atom stereocenters. The fourth-order valence-electron chi connectivity index (χ4n) is 4.02. The molecule has 0 saturated carbocycles. The molecular weight excluding hydrogens is 464 g/mol. The summed E-state index contributed by atoms with van der Waals surface area (Å²) in [5.74, 6) is 1.37. The Balaban J connectivity index is 1.23. The lowest BCUT2D eigenvalue weighted by molar-refractivity contribution is 0.0746. The maximum absolute atomic E-state index is 13.0. The van der Waals surface area contributed by atoms with E-state index in [0.717, 1.165) is 5.75 Å². The summed E-state index contributed by atoms with van der Waals surface area (Å²) in [5, 5.41) is 4.43. The van der Waals surface area contributed by atoms with Gasteiger partial charge in [-0.05, 0) is 48.5 Å². The number of rotatable bonds is 5. The van der Waals surface area contributed by atoms with E-state index in [2.05, 4.69) is 5.10 Å². The van der Waals surface area contributed by atoms with E-state index in [1.165, 1.54) is 4.68 Å². The van der Waals surface area contributed by atoms with E-state index in [1.54, 1.807) is 47.5 Å². The molecule has 4 aromatic rings. The number of hydrogen-bond acceptors (Lipinski definition) is 5. The van der Waals surface area contributed by atoms with Gasteiger partial charge >= 0.3 is 0 Å². The molecule has 1 aliphatic rings. The summed E-state index contributed by atoms with van der Waals surface area (Å²) in [6.45, 7) is 2.13. The Morgan fingerprint density at radius 2 is 1.40 bits per heavy atom. The van der Waals surface area contributed by atoms with Crippen molar-refractivity contribution in [3.63, 3.8) is 0 Å². The second-order valence-electron chi connectivity index (χ2n) is 8.12. The topological polar surface area (TPSA) is 67.7 Å². The Hall–Kier alpha value is -4.10. The molecule has 1 aromatic heterocycles. The van der Waals surface area contributed by atoms with Crippen molar-refractivity contribution in [3.05, 3.63) is 112 Å². The Bertz CT molecular complexity index is 1370. The zero-order chi connectivity index (χ0) is 24.2. The average Bonchev–Trinajstić information content (AvgIpc) is 2.91. The predicted molar refractivity (Wildman–Crippen MR) is 136 cm³/mol. The number of amides is 1. The number of benzene rings is 3. The Labute approximate surface area is 207 Å². The first-order valence-corrected chi connectivity index (χ1v) is 11.7. The molecule has 0 N–H and O–H groups in total. The number of hydrogen-bond donors (Lipinski definition) is 0. The summed E-state index contributed by atoms with van der Waals surface area (Å²) in [5.41, 5.74) is 1.47. The van der Waals surface area contributed by atoms with Crippen molar-refractivity contribution in [1.82, 2.24) is 14.7 Å². The molecule has 1 amide bonds. The zero-order valence-electron chi connectivity index (χ0n) is 18.9. The molecule has 3 aromatic carbocycles. The van der Waals surface area contributed by atoms with E-state index >= 15 is 0 Å². The third-order valence-corrected chi connectivity index (χ3v) is 6.24. The molecule has 0 spiro atoms. The molecular formula is C27H23ClN4O3. The van der Waals surface area contributed by atoms with E-state index in [9.17, 15) is 9.59 Å². The van der Waals surface area contributed by atoms with Crippen LogP contribution >= 0.6 is 11.6 Å². The number of halogens is 1. The molecule has 1 aliphatic heterocycles. The second kappa shape index (κ2) is 10.0. The van der Waals surface area contributed by atoms with Gasteiger partial charge in [0.15, 0.2) is 0 Å². The number of ether oxygens (including phenoxy) is 1. The molecule has 0 radical (unpaired) electrons. The van der Waals surface area contributed by atoms with E-state index < -0.39 is 0 Å². The number of nitrogens with zero attached hydrogens (tertiary/aromatic N) is 4. The highest BCUT2D eigenvalue weighted by Crippen LogP contribution is 2.25. The SMILES string of the molecule is O=C(c1ccc(Oc2ccccc2)cc1)N1CCN(c2cnn(-c3ccccc3)c(=O)c2Cl)CC1. The van der Waals surface area contributed by atoms with Crippen molar-refractivity contribution in [2.45, 2.75) is 0 Å². The minimum atomic E-state index is -0.369. The Kier molecular flexibility index (Phi) is 6.50.